The highest BCUT2D eigenvalue weighted by Gasteiger charge is 2.34. The predicted octanol–water partition coefficient (Wildman–Crippen LogP) is 3.35. The van der Waals surface area contributed by atoms with E-state index in [0.717, 1.165) is 0 Å². The van der Waals surface area contributed by atoms with Gasteiger partial charge in [-0.15, -0.1) is 0 Å². The van der Waals surface area contributed by atoms with Crippen LogP contribution in [0.3, 0.4) is 0 Å². The van der Waals surface area contributed by atoms with Gasteiger partial charge in [-0.3, -0.25) is 10.1 Å². The highest BCUT2D eigenvalue weighted by atomic mass is 16.6. The van der Waals surface area contributed by atoms with Gasteiger partial charge in [0.2, 0.25) is 0 Å². The van der Waals surface area contributed by atoms with Crippen LogP contribution in [0.15, 0.2) is 46.0 Å². The maximum Gasteiger partial charge on any atom is 0.338 e. The van der Waals surface area contributed by atoms with Crippen molar-refractivity contribution in [3.05, 3.63) is 63.0 Å². The van der Waals surface area contributed by atoms with Crippen molar-refractivity contribution in [3.8, 4) is 11.3 Å². The topological polar surface area (TPSA) is 124 Å². The second-order valence-corrected chi connectivity index (χ2v) is 6.25. The summed E-state index contributed by atoms with van der Waals surface area (Å²) >= 11 is 0. The van der Waals surface area contributed by atoms with Crippen LogP contribution in [0, 0.1) is 17.0 Å². The largest absolute Gasteiger partial charge is 0.463 e. The van der Waals surface area contributed by atoms with E-state index in [4.69, 9.17) is 9.15 Å². The van der Waals surface area contributed by atoms with E-state index in [1.807, 2.05) is 0 Å². The Kier molecular flexibility index (Phi) is 5.16. The van der Waals surface area contributed by atoms with Gasteiger partial charge in [-0.2, -0.15) is 0 Å². The van der Waals surface area contributed by atoms with Crippen molar-refractivity contribution in [2.24, 2.45) is 0 Å². The fourth-order valence-corrected chi connectivity index (χ4v) is 3.08. The Morgan fingerprint density at radius 3 is 2.68 bits per heavy atom. The van der Waals surface area contributed by atoms with Crippen LogP contribution in [0.4, 0.5) is 10.5 Å². The van der Waals surface area contributed by atoms with Gasteiger partial charge in [0.15, 0.2) is 0 Å². The van der Waals surface area contributed by atoms with Gasteiger partial charge in [-0.1, -0.05) is 0 Å². The van der Waals surface area contributed by atoms with Crippen LogP contribution in [0.25, 0.3) is 11.3 Å². The number of nitrogens with one attached hydrogen (secondary N) is 2. The van der Waals surface area contributed by atoms with Crippen molar-refractivity contribution in [2.75, 3.05) is 6.61 Å². The number of nitro benzene ring substituents is 1. The molecule has 0 fully saturated rings. The number of furan rings is 1. The normalized spacial score (nSPS) is 16.4. The summed E-state index contributed by atoms with van der Waals surface area (Å²) in [6, 6.07) is 6.53. The number of allylic oxidation sites excluding steroid dienone is 1. The molecule has 0 bridgehead atoms. The van der Waals surface area contributed by atoms with Gasteiger partial charge >= 0.3 is 12.0 Å². The molecule has 0 unspecified atom stereocenters. The number of carbonyl (C=O) groups is 2. The summed E-state index contributed by atoms with van der Waals surface area (Å²) in [7, 11) is 0. The number of aryl methyl sites for hydroxylation is 1. The Hall–Kier alpha value is -3.62. The molecule has 2 aromatic rings. The molecule has 1 aromatic carbocycles. The molecular formula is C19H19N3O6. The monoisotopic (exact) mass is 385 g/mol. The summed E-state index contributed by atoms with van der Waals surface area (Å²) in [5, 5.41) is 16.1. The minimum Gasteiger partial charge on any atom is -0.463 e. The fourth-order valence-electron chi connectivity index (χ4n) is 3.08. The lowest BCUT2D eigenvalue weighted by molar-refractivity contribution is -0.384. The maximum atomic E-state index is 12.4. The lowest BCUT2D eigenvalue weighted by atomic mass is 10.0. The number of benzene rings is 1. The zero-order valence-electron chi connectivity index (χ0n) is 15.6. The van der Waals surface area contributed by atoms with Gasteiger partial charge in [0.1, 0.15) is 17.6 Å². The quantitative estimate of drug-likeness (QED) is 0.462. The third-order valence-corrected chi connectivity index (χ3v) is 4.36. The zero-order chi connectivity index (χ0) is 20.4. The van der Waals surface area contributed by atoms with Gasteiger partial charge in [0.25, 0.3) is 5.69 Å². The molecule has 1 atom stereocenters. The van der Waals surface area contributed by atoms with Gasteiger partial charge in [0.05, 0.1) is 17.1 Å². The molecule has 1 aromatic heterocycles. The molecule has 0 saturated heterocycles. The lowest BCUT2D eigenvalue weighted by Crippen LogP contribution is -2.45. The minimum atomic E-state index is -0.806. The summed E-state index contributed by atoms with van der Waals surface area (Å²) in [6.45, 7) is 5.24. The highest BCUT2D eigenvalue weighted by molar-refractivity contribution is 5.94. The van der Waals surface area contributed by atoms with Crippen LogP contribution in [0.5, 0.6) is 0 Å². The van der Waals surface area contributed by atoms with Crippen molar-refractivity contribution in [2.45, 2.75) is 26.8 Å². The summed E-state index contributed by atoms with van der Waals surface area (Å²) in [6.07, 6.45) is 0. The number of ether oxygens (including phenoxy) is 1. The van der Waals surface area contributed by atoms with Gasteiger partial charge < -0.3 is 19.8 Å². The molecule has 0 spiro atoms. The second-order valence-electron chi connectivity index (χ2n) is 6.25. The molecule has 28 heavy (non-hydrogen) atoms. The summed E-state index contributed by atoms with van der Waals surface area (Å²) < 4.78 is 11.0. The molecule has 2 amide bonds. The van der Waals surface area contributed by atoms with E-state index in [9.17, 15) is 19.7 Å². The number of amides is 2. The number of hydrogen-bond acceptors (Lipinski definition) is 6. The van der Waals surface area contributed by atoms with E-state index in [2.05, 4.69) is 10.6 Å². The van der Waals surface area contributed by atoms with Crippen molar-refractivity contribution < 1.29 is 23.7 Å². The minimum absolute atomic E-state index is 0.0122. The van der Waals surface area contributed by atoms with E-state index in [-0.39, 0.29) is 17.9 Å². The van der Waals surface area contributed by atoms with E-state index < -0.39 is 23.0 Å². The second kappa shape index (κ2) is 7.55. The molecule has 146 valence electrons. The molecule has 1 aliphatic heterocycles. The fraction of sp³-hybridized carbons (Fsp3) is 0.263. The third-order valence-electron chi connectivity index (χ3n) is 4.36. The molecule has 0 radical (unpaired) electrons. The van der Waals surface area contributed by atoms with Crippen LogP contribution in [0.2, 0.25) is 0 Å². The van der Waals surface area contributed by atoms with E-state index in [1.165, 1.54) is 12.1 Å². The zero-order valence-corrected chi connectivity index (χ0v) is 15.6. The summed E-state index contributed by atoms with van der Waals surface area (Å²) in [5.41, 5.74) is 1.97. The van der Waals surface area contributed by atoms with Gasteiger partial charge in [-0.25, -0.2) is 9.59 Å². The molecule has 1 aliphatic rings. The average Bonchev–Trinajstić information content (AvgIpc) is 3.10. The number of nitrogens with zero attached hydrogens (tertiary/aromatic N) is 1. The van der Waals surface area contributed by atoms with Crippen LogP contribution in [-0.4, -0.2) is 23.5 Å². The molecule has 9 nitrogen and oxygen atoms in total. The first-order valence-corrected chi connectivity index (χ1v) is 8.62. The Morgan fingerprint density at radius 2 is 2.04 bits per heavy atom. The standard InChI is InChI=1S/C19H19N3O6/c1-4-27-18(23)16-11(3)20-19(24)21-17(16)15-8-7-14(28-15)13-6-5-12(22(25)26)9-10(13)2/h5-9,17H,4H2,1-3H3,(H2,20,21,24)/t17-/m0/s1. The molecule has 0 saturated carbocycles. The smallest absolute Gasteiger partial charge is 0.338 e. The molecule has 9 heteroatoms. The number of urea groups is 1. The van der Waals surface area contributed by atoms with Crippen molar-refractivity contribution in [3.63, 3.8) is 0 Å². The van der Waals surface area contributed by atoms with Crippen molar-refractivity contribution in [1.29, 1.82) is 0 Å². The van der Waals surface area contributed by atoms with Crippen molar-refractivity contribution in [1.82, 2.24) is 10.6 Å². The Bertz CT molecular complexity index is 991. The third kappa shape index (κ3) is 3.59. The summed E-state index contributed by atoms with van der Waals surface area (Å²) in [5.74, 6) is 0.267. The SMILES string of the molecule is CCOC(=O)C1=C(C)NC(=O)N[C@H]1c1ccc(-c2ccc([N+](=O)[O-])cc2C)o1. The van der Waals surface area contributed by atoms with Crippen LogP contribution in [-0.2, 0) is 9.53 Å². The van der Waals surface area contributed by atoms with Crippen LogP contribution < -0.4 is 10.6 Å². The predicted molar refractivity (Wildman–Crippen MR) is 99.3 cm³/mol. The first-order valence-electron chi connectivity index (χ1n) is 8.62. The molecule has 2 N–H and O–H groups in total. The first kappa shape index (κ1) is 19.2. The molecular weight excluding hydrogens is 366 g/mol. The number of esters is 1. The first-order chi connectivity index (χ1) is 13.3. The van der Waals surface area contributed by atoms with E-state index in [1.54, 1.807) is 39.0 Å². The average molecular weight is 385 g/mol. The maximum absolute atomic E-state index is 12.4. The van der Waals surface area contributed by atoms with Crippen molar-refractivity contribution >= 4 is 17.7 Å². The lowest BCUT2D eigenvalue weighted by Gasteiger charge is -2.26. The number of carbonyl (C=O) groups excluding carboxylic acids is 2. The van der Waals surface area contributed by atoms with Crippen LogP contribution >= 0.6 is 0 Å². The van der Waals surface area contributed by atoms with E-state index in [0.29, 0.717) is 28.3 Å². The Labute approximate surface area is 160 Å². The molecule has 2 heterocycles. The number of nitro groups is 1. The number of hydrogen-bond donors (Lipinski definition) is 2. The highest BCUT2D eigenvalue weighted by Crippen LogP contribution is 2.34. The summed E-state index contributed by atoms with van der Waals surface area (Å²) in [4.78, 5) is 34.7. The van der Waals surface area contributed by atoms with E-state index >= 15 is 0 Å². The van der Waals surface area contributed by atoms with Gasteiger partial charge in [0, 0.05) is 23.4 Å². The molecule has 0 aliphatic carbocycles. The van der Waals surface area contributed by atoms with Crippen LogP contribution in [0.1, 0.15) is 31.2 Å². The Morgan fingerprint density at radius 1 is 1.29 bits per heavy atom. The molecule has 3 rings (SSSR count). The number of non-ortho nitro benzene ring substituents is 1. The van der Waals surface area contributed by atoms with Gasteiger partial charge in [-0.05, 0) is 44.5 Å². The Balaban J connectivity index is 1.98. The number of rotatable bonds is 5.